The molecule has 0 fully saturated rings. The SMILES string of the molecule is CCCCOCC[n+]1ccccc1-c1c2nc(c(-c3cccc[n+]3CCOCCCC)c3ccc([nH]3)c(-c3cccc[n+]3CCOCCCC)c3nc(c(-c4cccc[n+]4CCCC)c4ccc1[nH]4)C=C3)C=C2. The standard InChI is InChI=1S/C62H73N8O3/c1-5-9-33-67-34-17-13-21-55(67)59-47-25-27-49(63-47)60(56-22-14-18-35-68(56)38-44-71-41-10-6-2)51-29-31-53(65-51)62(58-24-16-20-37-70(58)40-46-73-43-12-8-4)54-32-30-52(66-54)61(50-28-26-48(59)64-50)57-23-15-19-36-69(57)39-45-72-42-11-7-3/h13-32,34-37H,5-12,33,38-46H2,1-4H3,(H,63,64,65,66)/q+3/p+1. The molecule has 11 nitrogen and oxygen atoms in total. The van der Waals surface area contributed by atoms with Crippen LogP contribution in [0.2, 0.25) is 0 Å². The molecule has 9 heterocycles. The van der Waals surface area contributed by atoms with Crippen molar-refractivity contribution in [2.24, 2.45) is 0 Å². The lowest BCUT2D eigenvalue weighted by atomic mass is 10.1. The highest BCUT2D eigenvalue weighted by Gasteiger charge is 2.27. The molecule has 73 heavy (non-hydrogen) atoms. The number of unbranched alkanes of at least 4 members (excludes halogenated alkanes) is 4. The fourth-order valence-electron chi connectivity index (χ4n) is 9.74. The van der Waals surface area contributed by atoms with E-state index >= 15 is 0 Å². The maximum atomic E-state index is 6.17. The molecule has 0 radical (unpaired) electrons. The van der Waals surface area contributed by atoms with Gasteiger partial charge in [-0.15, -0.1) is 0 Å². The second-order valence-corrected chi connectivity index (χ2v) is 18.9. The van der Waals surface area contributed by atoms with E-state index in [1.807, 2.05) is 0 Å². The number of hydrogen-bond donors (Lipinski definition) is 2. The van der Waals surface area contributed by atoms with Gasteiger partial charge in [0.05, 0.1) is 67.1 Å². The van der Waals surface area contributed by atoms with Gasteiger partial charge in [0, 0.05) is 74.8 Å². The van der Waals surface area contributed by atoms with Crippen molar-refractivity contribution in [2.45, 2.75) is 105 Å². The average Bonchev–Trinajstić information content (AvgIpc) is 4.28. The van der Waals surface area contributed by atoms with Crippen molar-refractivity contribution in [2.75, 3.05) is 39.6 Å². The molecule has 0 saturated heterocycles. The lowest BCUT2D eigenvalue weighted by molar-refractivity contribution is -0.688. The molecule has 0 spiro atoms. The summed E-state index contributed by atoms with van der Waals surface area (Å²) in [5, 5.41) is 0. The van der Waals surface area contributed by atoms with E-state index in [0.29, 0.717) is 39.5 Å². The summed E-state index contributed by atoms with van der Waals surface area (Å²) in [7, 11) is 0. The van der Waals surface area contributed by atoms with Gasteiger partial charge in [0.2, 0.25) is 22.8 Å². The van der Waals surface area contributed by atoms with Crippen molar-refractivity contribution < 1.29 is 32.5 Å². The Kier molecular flexibility index (Phi) is 17.9. The summed E-state index contributed by atoms with van der Waals surface area (Å²) in [5.74, 6) is 0. The molecule has 7 aromatic rings. The third-order valence-corrected chi connectivity index (χ3v) is 13.6. The lowest BCUT2D eigenvalue weighted by Crippen LogP contribution is -2.38. The molecule has 8 bridgehead atoms. The third-order valence-electron chi connectivity index (χ3n) is 13.6. The average molecular weight is 979 g/mol. The Morgan fingerprint density at radius 2 is 0.630 bits per heavy atom. The second-order valence-electron chi connectivity index (χ2n) is 18.9. The number of nitrogens with zero attached hydrogens (tertiary/aromatic N) is 6. The topological polar surface area (TPSA) is 101 Å². The molecule has 9 rings (SSSR count). The zero-order chi connectivity index (χ0) is 50.2. The molecule has 0 aliphatic carbocycles. The maximum Gasteiger partial charge on any atom is 0.216 e. The van der Waals surface area contributed by atoms with Crippen molar-refractivity contribution in [1.29, 1.82) is 0 Å². The Balaban J connectivity index is 1.37. The third kappa shape index (κ3) is 12.1. The van der Waals surface area contributed by atoms with E-state index in [9.17, 15) is 0 Å². The van der Waals surface area contributed by atoms with Crippen molar-refractivity contribution >= 4 is 46.4 Å². The first-order valence-corrected chi connectivity index (χ1v) is 26.9. The van der Waals surface area contributed by atoms with Gasteiger partial charge in [0.1, 0.15) is 26.4 Å². The Bertz CT molecular complexity index is 3150. The monoisotopic (exact) mass is 979 g/mol. The molecule has 2 N–H and O–H groups in total. The smallest absolute Gasteiger partial charge is 0.216 e. The van der Waals surface area contributed by atoms with Gasteiger partial charge in [-0.1, -0.05) is 53.4 Å². The summed E-state index contributed by atoms with van der Waals surface area (Å²) in [6.45, 7) is 15.9. The normalized spacial score (nSPS) is 12.1. The minimum atomic E-state index is 0.605. The number of aromatic nitrogens is 8. The van der Waals surface area contributed by atoms with Crippen LogP contribution in [0.1, 0.15) is 102 Å². The molecule has 2 aliphatic heterocycles. The summed E-state index contributed by atoms with van der Waals surface area (Å²) in [4.78, 5) is 19.3. The van der Waals surface area contributed by atoms with Gasteiger partial charge in [-0.3, -0.25) is 0 Å². The van der Waals surface area contributed by atoms with E-state index in [1.54, 1.807) is 0 Å². The maximum absolute atomic E-state index is 6.17. The van der Waals surface area contributed by atoms with Gasteiger partial charge in [-0.2, -0.15) is 18.3 Å². The fourth-order valence-corrected chi connectivity index (χ4v) is 9.74. The largest absolute Gasteiger partial charge is 0.375 e. The van der Waals surface area contributed by atoms with Crippen molar-refractivity contribution in [1.82, 2.24) is 19.9 Å². The Labute approximate surface area is 431 Å². The molecule has 0 amide bonds. The van der Waals surface area contributed by atoms with E-state index in [1.165, 1.54) is 0 Å². The molecule has 7 aromatic heterocycles. The number of H-pyrrole nitrogens is 2. The van der Waals surface area contributed by atoms with Gasteiger partial charge in [-0.25, -0.2) is 9.97 Å². The fraction of sp³-hybridized carbons (Fsp3) is 0.355. The minimum Gasteiger partial charge on any atom is -0.375 e. The summed E-state index contributed by atoms with van der Waals surface area (Å²) >= 11 is 0. The van der Waals surface area contributed by atoms with Crippen LogP contribution in [0.3, 0.4) is 0 Å². The molecule has 11 heteroatoms. The second kappa shape index (κ2) is 25.6. The van der Waals surface area contributed by atoms with Crippen LogP contribution in [0, 0.1) is 0 Å². The zero-order valence-corrected chi connectivity index (χ0v) is 43.5. The summed E-state index contributed by atoms with van der Waals surface area (Å²) in [6.07, 6.45) is 26.0. The number of aromatic amines is 2. The molecular weight excluding hydrogens is 905 g/mol. The zero-order valence-electron chi connectivity index (χ0n) is 43.5. The number of aryl methyl sites for hydroxylation is 1. The van der Waals surface area contributed by atoms with E-state index in [2.05, 4.69) is 202 Å². The summed E-state index contributed by atoms with van der Waals surface area (Å²) in [5.41, 5.74) is 15.6. The highest BCUT2D eigenvalue weighted by Crippen LogP contribution is 2.37. The summed E-state index contributed by atoms with van der Waals surface area (Å²) in [6, 6.07) is 34.6. The molecule has 0 aromatic carbocycles. The predicted octanol–water partition coefficient (Wildman–Crippen LogP) is 11.7. The van der Waals surface area contributed by atoms with Gasteiger partial charge in [0.15, 0.2) is 44.4 Å². The van der Waals surface area contributed by atoms with E-state index < -0.39 is 0 Å². The molecular formula is C62H74N8O3+4. The van der Waals surface area contributed by atoms with Gasteiger partial charge in [-0.05, 0) is 92.1 Å². The van der Waals surface area contributed by atoms with Crippen molar-refractivity contribution in [3.8, 4) is 45.0 Å². The van der Waals surface area contributed by atoms with Gasteiger partial charge in [0.25, 0.3) is 0 Å². The van der Waals surface area contributed by atoms with Crippen molar-refractivity contribution in [3.05, 3.63) is 145 Å². The van der Waals surface area contributed by atoms with Gasteiger partial charge < -0.3 is 24.2 Å². The van der Waals surface area contributed by atoms with Crippen LogP contribution < -0.4 is 18.3 Å². The molecule has 0 saturated carbocycles. The van der Waals surface area contributed by atoms with Crippen LogP contribution in [-0.2, 0) is 40.4 Å². The van der Waals surface area contributed by atoms with E-state index in [0.717, 1.165) is 168 Å². The summed E-state index contributed by atoms with van der Waals surface area (Å²) < 4.78 is 27.8. The first-order valence-electron chi connectivity index (χ1n) is 26.9. The molecule has 0 atom stereocenters. The van der Waals surface area contributed by atoms with Crippen LogP contribution in [0.4, 0.5) is 0 Å². The number of nitrogens with one attached hydrogen (secondary N) is 2. The quantitative estimate of drug-likeness (QED) is 0.0439. The number of pyridine rings is 4. The van der Waals surface area contributed by atoms with Crippen LogP contribution in [0.15, 0.2) is 122 Å². The van der Waals surface area contributed by atoms with Crippen LogP contribution >= 0.6 is 0 Å². The number of hydrogen-bond acceptors (Lipinski definition) is 5. The Morgan fingerprint density at radius 3 is 0.918 bits per heavy atom. The Hall–Kier alpha value is -6.92. The lowest BCUT2D eigenvalue weighted by Gasteiger charge is -2.08. The number of rotatable bonds is 25. The van der Waals surface area contributed by atoms with Gasteiger partial charge >= 0.3 is 0 Å². The molecule has 0 unspecified atom stereocenters. The highest BCUT2D eigenvalue weighted by molar-refractivity contribution is 5.97. The minimum absolute atomic E-state index is 0.605. The first-order chi connectivity index (χ1) is 36.1. The Morgan fingerprint density at radius 1 is 0.342 bits per heavy atom. The first kappa shape index (κ1) is 51.0. The highest BCUT2D eigenvalue weighted by atomic mass is 16.5. The van der Waals surface area contributed by atoms with E-state index in [4.69, 9.17) is 24.2 Å². The van der Waals surface area contributed by atoms with Crippen LogP contribution in [0.25, 0.3) is 91.4 Å². The number of ether oxygens (including phenoxy) is 3. The number of fused-ring (bicyclic) bond motifs is 8. The van der Waals surface area contributed by atoms with Crippen LogP contribution in [-0.4, -0.2) is 59.6 Å². The van der Waals surface area contributed by atoms with Crippen LogP contribution in [0.5, 0.6) is 0 Å². The predicted molar refractivity (Wildman–Crippen MR) is 293 cm³/mol. The molecule has 2 aliphatic rings. The van der Waals surface area contributed by atoms with Crippen molar-refractivity contribution in [3.63, 3.8) is 0 Å². The van der Waals surface area contributed by atoms with E-state index in [-0.39, 0.29) is 0 Å². The molecule has 376 valence electrons.